The zero-order valence-corrected chi connectivity index (χ0v) is 13.7. The monoisotopic (exact) mass is 399 g/mol. The fourth-order valence-electron chi connectivity index (χ4n) is 1.80. The van der Waals surface area contributed by atoms with Gasteiger partial charge in [0.1, 0.15) is 5.75 Å². The van der Waals surface area contributed by atoms with E-state index in [9.17, 15) is 26.7 Å². The van der Waals surface area contributed by atoms with E-state index in [1.165, 1.54) is 19.2 Å². The van der Waals surface area contributed by atoms with Gasteiger partial charge in [0, 0.05) is 7.05 Å². The Hall–Kier alpha value is -2.56. The fourth-order valence-corrected chi connectivity index (χ4v) is 1.84. The summed E-state index contributed by atoms with van der Waals surface area (Å²) in [6.45, 7) is 0. The van der Waals surface area contributed by atoms with Crippen molar-refractivity contribution in [3.05, 3.63) is 36.2 Å². The molecule has 1 heterocycles. The summed E-state index contributed by atoms with van der Waals surface area (Å²) in [6, 6.07) is 4.78. The molecule has 142 valence electrons. The molecule has 1 amide bonds. The number of hydrogen-bond acceptors (Lipinski definition) is 4. The summed E-state index contributed by atoms with van der Waals surface area (Å²) in [5.41, 5.74) is -4.23. The summed E-state index contributed by atoms with van der Waals surface area (Å²) >= 11 is 4.70. The van der Waals surface area contributed by atoms with Crippen LogP contribution in [0.15, 0.2) is 30.5 Å². The van der Waals surface area contributed by atoms with Gasteiger partial charge in [-0.05, 0) is 12.1 Å². The number of aromatic nitrogens is 2. The SMILES string of the molecule is Cn1cc(OC(=O)Nc2ccccc2OC(F)(F)C(F)Cl)c(C(F)F)n1. The molecule has 0 aliphatic heterocycles. The number of hydrogen-bond donors (Lipinski definition) is 1. The van der Waals surface area contributed by atoms with E-state index in [1.807, 2.05) is 5.32 Å². The van der Waals surface area contributed by atoms with Gasteiger partial charge in [-0.25, -0.2) is 18.0 Å². The molecule has 6 nitrogen and oxygen atoms in total. The van der Waals surface area contributed by atoms with Gasteiger partial charge in [0.2, 0.25) is 0 Å². The largest absolute Gasteiger partial charge is 0.444 e. The Kier molecular flexibility index (Phi) is 5.90. The highest BCUT2D eigenvalue weighted by atomic mass is 35.5. The maximum atomic E-state index is 13.3. The van der Waals surface area contributed by atoms with Crippen molar-refractivity contribution in [2.24, 2.45) is 7.05 Å². The highest BCUT2D eigenvalue weighted by Gasteiger charge is 2.42. The number of amides is 1. The molecule has 0 aliphatic carbocycles. The number of ether oxygens (including phenoxy) is 2. The van der Waals surface area contributed by atoms with E-state index in [4.69, 9.17) is 16.3 Å². The van der Waals surface area contributed by atoms with Gasteiger partial charge in [-0.1, -0.05) is 23.7 Å². The lowest BCUT2D eigenvalue weighted by Crippen LogP contribution is -2.33. The number of nitrogens with zero attached hydrogens (tertiary/aromatic N) is 2. The van der Waals surface area contributed by atoms with E-state index >= 15 is 0 Å². The predicted octanol–water partition coefficient (Wildman–Crippen LogP) is 4.47. The smallest absolute Gasteiger partial charge is 0.427 e. The normalized spacial score (nSPS) is 12.8. The van der Waals surface area contributed by atoms with Gasteiger partial charge in [-0.3, -0.25) is 10.00 Å². The highest BCUT2D eigenvalue weighted by Crippen LogP contribution is 2.33. The van der Waals surface area contributed by atoms with Crippen LogP contribution in [0.1, 0.15) is 12.1 Å². The molecular weight excluding hydrogens is 389 g/mol. The predicted molar refractivity (Wildman–Crippen MR) is 80.6 cm³/mol. The standard InChI is InChI=1S/C14H11ClF5N3O3/c1-23-6-9(10(22-23)11(16)17)25-13(24)21-7-4-2-3-5-8(7)26-14(19,20)12(15)18/h2-6,11-12H,1H3,(H,21,24). The maximum Gasteiger partial charge on any atom is 0.444 e. The third kappa shape index (κ3) is 4.75. The highest BCUT2D eigenvalue weighted by molar-refractivity contribution is 6.20. The Bertz CT molecular complexity index is 785. The lowest BCUT2D eigenvalue weighted by Gasteiger charge is -2.19. The molecule has 0 fully saturated rings. The number of nitrogens with one attached hydrogen (secondary N) is 1. The van der Waals surface area contributed by atoms with E-state index in [0.717, 1.165) is 23.0 Å². The number of benzene rings is 1. The first kappa shape index (κ1) is 19.8. The first-order valence-corrected chi connectivity index (χ1v) is 7.28. The Morgan fingerprint density at radius 3 is 2.54 bits per heavy atom. The zero-order chi connectivity index (χ0) is 19.5. The molecule has 0 saturated carbocycles. The number of carbonyl (C=O) groups excluding carboxylic acids is 1. The van der Waals surface area contributed by atoms with Crippen LogP contribution in [-0.2, 0) is 7.05 Å². The first-order chi connectivity index (χ1) is 12.1. The van der Waals surface area contributed by atoms with Crippen molar-refractivity contribution >= 4 is 23.4 Å². The van der Waals surface area contributed by atoms with Gasteiger partial charge in [-0.15, -0.1) is 0 Å². The summed E-state index contributed by atoms with van der Waals surface area (Å²) in [4.78, 5) is 11.9. The molecule has 2 aromatic rings. The molecule has 0 bridgehead atoms. The van der Waals surface area contributed by atoms with Crippen molar-refractivity contribution in [3.8, 4) is 11.5 Å². The molecule has 1 aromatic heterocycles. The molecule has 26 heavy (non-hydrogen) atoms. The van der Waals surface area contributed by atoms with Crippen molar-refractivity contribution in [3.63, 3.8) is 0 Å². The maximum absolute atomic E-state index is 13.3. The molecule has 0 aliphatic rings. The van der Waals surface area contributed by atoms with Crippen LogP contribution in [0.2, 0.25) is 0 Å². The van der Waals surface area contributed by atoms with Crippen molar-refractivity contribution in [2.45, 2.75) is 18.2 Å². The molecule has 0 radical (unpaired) electrons. The average Bonchev–Trinajstić information content (AvgIpc) is 2.89. The van der Waals surface area contributed by atoms with Gasteiger partial charge in [-0.2, -0.15) is 13.9 Å². The molecule has 0 spiro atoms. The molecule has 1 N–H and O–H groups in total. The molecule has 2 rings (SSSR count). The number of para-hydroxylation sites is 2. The van der Waals surface area contributed by atoms with Gasteiger partial charge in [0.15, 0.2) is 11.4 Å². The van der Waals surface area contributed by atoms with Gasteiger partial charge in [0.05, 0.1) is 11.9 Å². The minimum atomic E-state index is -4.37. The summed E-state index contributed by atoms with van der Waals surface area (Å²) in [6.07, 6.45) is -7.62. The van der Waals surface area contributed by atoms with Crippen molar-refractivity contribution in [1.29, 1.82) is 0 Å². The summed E-state index contributed by atoms with van der Waals surface area (Å²) in [7, 11) is 1.33. The van der Waals surface area contributed by atoms with Crippen LogP contribution in [-0.4, -0.2) is 27.6 Å². The number of anilines is 1. The van der Waals surface area contributed by atoms with E-state index < -0.39 is 41.5 Å². The Labute approximate surface area is 148 Å². The van der Waals surface area contributed by atoms with Crippen LogP contribution in [0.4, 0.5) is 32.4 Å². The topological polar surface area (TPSA) is 65.4 Å². The second kappa shape index (κ2) is 7.77. The van der Waals surface area contributed by atoms with Crippen LogP contribution in [0.5, 0.6) is 11.5 Å². The summed E-state index contributed by atoms with van der Waals surface area (Å²) in [5.74, 6) is -1.13. The van der Waals surface area contributed by atoms with Crippen LogP contribution in [0.25, 0.3) is 0 Å². The first-order valence-electron chi connectivity index (χ1n) is 6.84. The molecule has 1 atom stereocenters. The summed E-state index contributed by atoms with van der Waals surface area (Å²) < 4.78 is 74.7. The Morgan fingerprint density at radius 1 is 1.27 bits per heavy atom. The van der Waals surface area contributed by atoms with E-state index in [1.54, 1.807) is 0 Å². The third-order valence-electron chi connectivity index (χ3n) is 2.86. The van der Waals surface area contributed by atoms with E-state index in [2.05, 4.69) is 9.84 Å². The number of halogens is 6. The lowest BCUT2D eigenvalue weighted by atomic mass is 10.3. The summed E-state index contributed by atoms with van der Waals surface area (Å²) in [5, 5.41) is 5.47. The average molecular weight is 400 g/mol. The molecule has 12 heteroatoms. The number of alkyl halides is 6. The third-order valence-corrected chi connectivity index (χ3v) is 3.11. The van der Waals surface area contributed by atoms with Crippen LogP contribution >= 0.6 is 11.6 Å². The lowest BCUT2D eigenvalue weighted by molar-refractivity contribution is -0.198. The fraction of sp³-hybridized carbons (Fsp3) is 0.286. The number of aryl methyl sites for hydroxylation is 1. The van der Waals surface area contributed by atoms with Crippen molar-refractivity contribution in [1.82, 2.24) is 9.78 Å². The number of carbonyl (C=O) groups is 1. The van der Waals surface area contributed by atoms with E-state index in [-0.39, 0.29) is 5.69 Å². The van der Waals surface area contributed by atoms with Gasteiger partial charge < -0.3 is 9.47 Å². The van der Waals surface area contributed by atoms with Crippen LogP contribution < -0.4 is 14.8 Å². The van der Waals surface area contributed by atoms with Crippen LogP contribution in [0, 0.1) is 0 Å². The van der Waals surface area contributed by atoms with Crippen LogP contribution in [0.3, 0.4) is 0 Å². The molecule has 1 aromatic carbocycles. The quantitative estimate of drug-likeness (QED) is 0.575. The molecule has 1 unspecified atom stereocenters. The second-order valence-corrected chi connectivity index (χ2v) is 5.21. The molecular formula is C14H11ClF5N3O3. The van der Waals surface area contributed by atoms with E-state index in [0.29, 0.717) is 0 Å². The van der Waals surface area contributed by atoms with Crippen molar-refractivity contribution in [2.75, 3.05) is 5.32 Å². The number of rotatable bonds is 6. The Balaban J connectivity index is 2.15. The molecule has 0 saturated heterocycles. The zero-order valence-electron chi connectivity index (χ0n) is 12.9. The van der Waals surface area contributed by atoms with Gasteiger partial charge in [0.25, 0.3) is 12.1 Å². The van der Waals surface area contributed by atoms with Gasteiger partial charge >= 0.3 is 12.2 Å². The Morgan fingerprint density at radius 2 is 1.92 bits per heavy atom. The minimum Gasteiger partial charge on any atom is -0.427 e. The second-order valence-electron chi connectivity index (χ2n) is 4.83. The minimum absolute atomic E-state index is 0.322. The van der Waals surface area contributed by atoms with Crippen molar-refractivity contribution < 1.29 is 36.2 Å².